The van der Waals surface area contributed by atoms with Gasteiger partial charge in [0.15, 0.2) is 5.13 Å². The summed E-state index contributed by atoms with van der Waals surface area (Å²) >= 11 is 1.16. The van der Waals surface area contributed by atoms with Gasteiger partial charge in [0.1, 0.15) is 4.88 Å². The van der Waals surface area contributed by atoms with Crippen LogP contribution in [-0.4, -0.2) is 16.1 Å². The molecule has 0 atom stereocenters. The van der Waals surface area contributed by atoms with Crippen LogP contribution < -0.4 is 5.32 Å². The highest BCUT2D eigenvalue weighted by Gasteiger charge is 2.19. The topological polar surface area (TPSA) is 62.2 Å². The van der Waals surface area contributed by atoms with Crippen LogP contribution in [0.15, 0.2) is 54.6 Å². The summed E-state index contributed by atoms with van der Waals surface area (Å²) in [7, 11) is 0. The molecular formula is C19H18N2O2S. The number of anilines is 2. The number of rotatable bonds is 5. The lowest BCUT2D eigenvalue weighted by Gasteiger charge is -2.12. The molecule has 24 heavy (non-hydrogen) atoms. The fraction of sp³-hybridized carbons (Fsp3) is 0.158. The van der Waals surface area contributed by atoms with Gasteiger partial charge in [-0.05, 0) is 17.5 Å². The van der Waals surface area contributed by atoms with E-state index in [0.29, 0.717) is 16.7 Å². The molecule has 0 spiro atoms. The largest absolute Gasteiger partial charge is 0.477 e. The second-order valence-corrected chi connectivity index (χ2v) is 6.73. The lowest BCUT2D eigenvalue weighted by Crippen LogP contribution is -1.97. The van der Waals surface area contributed by atoms with Crippen LogP contribution in [0.4, 0.5) is 10.8 Å². The highest BCUT2D eigenvalue weighted by molar-refractivity contribution is 7.18. The molecule has 0 aliphatic rings. The van der Waals surface area contributed by atoms with E-state index in [9.17, 15) is 9.90 Å². The Bertz CT molecular complexity index is 857. The minimum absolute atomic E-state index is 0.241. The Balaban J connectivity index is 2.00. The average molecular weight is 338 g/mol. The van der Waals surface area contributed by atoms with Crippen LogP contribution in [-0.2, 0) is 0 Å². The number of carboxylic acids is 1. The molecule has 1 aromatic heterocycles. The molecule has 122 valence electrons. The van der Waals surface area contributed by atoms with Crippen molar-refractivity contribution < 1.29 is 9.90 Å². The molecule has 0 aliphatic carbocycles. The predicted molar refractivity (Wildman–Crippen MR) is 98.3 cm³/mol. The van der Waals surface area contributed by atoms with E-state index in [4.69, 9.17) is 0 Å². The lowest BCUT2D eigenvalue weighted by atomic mass is 10.0. The van der Waals surface area contributed by atoms with Crippen molar-refractivity contribution >= 4 is 28.1 Å². The third-order valence-electron chi connectivity index (χ3n) is 3.69. The van der Waals surface area contributed by atoms with Crippen molar-refractivity contribution in [3.8, 4) is 11.3 Å². The van der Waals surface area contributed by atoms with E-state index in [1.807, 2.05) is 48.5 Å². The van der Waals surface area contributed by atoms with Gasteiger partial charge in [-0.25, -0.2) is 9.78 Å². The first-order chi connectivity index (χ1) is 11.6. The molecule has 2 aromatic carbocycles. The summed E-state index contributed by atoms with van der Waals surface area (Å²) in [4.78, 5) is 16.3. The number of hydrogen-bond acceptors (Lipinski definition) is 4. The summed E-state index contributed by atoms with van der Waals surface area (Å²) in [5.74, 6) is -0.599. The zero-order valence-corrected chi connectivity index (χ0v) is 14.3. The van der Waals surface area contributed by atoms with Crippen LogP contribution >= 0.6 is 11.3 Å². The summed E-state index contributed by atoms with van der Waals surface area (Å²) in [5, 5.41) is 13.4. The minimum atomic E-state index is -0.962. The molecule has 0 saturated carbocycles. The highest BCUT2D eigenvalue weighted by Crippen LogP contribution is 2.34. The van der Waals surface area contributed by atoms with Crippen molar-refractivity contribution in [1.82, 2.24) is 4.98 Å². The number of nitrogens with zero attached hydrogens (tertiary/aromatic N) is 1. The number of thiazole rings is 1. The third-order valence-corrected chi connectivity index (χ3v) is 4.65. The normalized spacial score (nSPS) is 10.8. The Morgan fingerprint density at radius 3 is 2.42 bits per heavy atom. The second-order valence-electron chi connectivity index (χ2n) is 5.73. The van der Waals surface area contributed by atoms with Gasteiger partial charge in [-0.3, -0.25) is 0 Å². The minimum Gasteiger partial charge on any atom is -0.477 e. The van der Waals surface area contributed by atoms with E-state index >= 15 is 0 Å². The molecule has 4 nitrogen and oxygen atoms in total. The number of benzene rings is 2. The van der Waals surface area contributed by atoms with Gasteiger partial charge in [0.25, 0.3) is 0 Å². The lowest BCUT2D eigenvalue weighted by molar-refractivity contribution is 0.0702. The number of para-hydroxylation sites is 1. The maximum atomic E-state index is 11.6. The number of aromatic nitrogens is 1. The molecule has 1 heterocycles. The van der Waals surface area contributed by atoms with Gasteiger partial charge in [-0.1, -0.05) is 73.7 Å². The predicted octanol–water partition coefficient (Wildman–Crippen LogP) is 5.38. The smallest absolute Gasteiger partial charge is 0.348 e. The van der Waals surface area contributed by atoms with Crippen molar-refractivity contribution in [2.75, 3.05) is 5.32 Å². The molecule has 0 fully saturated rings. The first-order valence-corrected chi connectivity index (χ1v) is 8.53. The maximum absolute atomic E-state index is 11.6. The van der Waals surface area contributed by atoms with Crippen molar-refractivity contribution in [2.24, 2.45) is 0 Å². The Hall–Kier alpha value is -2.66. The SMILES string of the molecule is CC(C)c1ccccc1Nc1nc(-c2ccccc2)c(C(=O)O)s1. The van der Waals surface area contributed by atoms with Crippen molar-refractivity contribution in [3.63, 3.8) is 0 Å². The van der Waals surface area contributed by atoms with E-state index in [1.165, 1.54) is 5.56 Å². The molecule has 0 radical (unpaired) electrons. The van der Waals surface area contributed by atoms with Gasteiger partial charge in [-0.2, -0.15) is 0 Å². The molecule has 0 unspecified atom stereocenters. The van der Waals surface area contributed by atoms with Gasteiger partial charge in [0.05, 0.1) is 5.69 Å². The van der Waals surface area contributed by atoms with Gasteiger partial charge < -0.3 is 10.4 Å². The highest BCUT2D eigenvalue weighted by atomic mass is 32.1. The van der Waals surface area contributed by atoms with Crippen molar-refractivity contribution in [2.45, 2.75) is 19.8 Å². The molecule has 3 rings (SSSR count). The average Bonchev–Trinajstić information content (AvgIpc) is 3.00. The number of aromatic carboxylic acids is 1. The van der Waals surface area contributed by atoms with E-state index in [0.717, 1.165) is 22.6 Å². The number of hydrogen-bond donors (Lipinski definition) is 2. The zero-order chi connectivity index (χ0) is 17.1. The fourth-order valence-electron chi connectivity index (χ4n) is 2.54. The molecule has 0 amide bonds. The monoisotopic (exact) mass is 338 g/mol. The van der Waals surface area contributed by atoms with Crippen LogP contribution in [0.2, 0.25) is 0 Å². The molecule has 2 N–H and O–H groups in total. The Labute approximate surface area is 144 Å². The summed E-state index contributed by atoms with van der Waals surface area (Å²) in [6.07, 6.45) is 0. The van der Waals surface area contributed by atoms with Gasteiger partial charge in [0, 0.05) is 11.3 Å². The summed E-state index contributed by atoms with van der Waals surface area (Å²) in [6.45, 7) is 4.25. The van der Waals surface area contributed by atoms with E-state index in [-0.39, 0.29) is 4.88 Å². The fourth-order valence-corrected chi connectivity index (χ4v) is 3.38. The number of carboxylic acid groups (broad SMARTS) is 1. The van der Waals surface area contributed by atoms with Crippen molar-refractivity contribution in [3.05, 3.63) is 65.0 Å². The summed E-state index contributed by atoms with van der Waals surface area (Å²) in [5.41, 5.74) is 3.43. The number of nitrogens with one attached hydrogen (secondary N) is 1. The Kier molecular flexibility index (Phi) is 4.62. The molecule has 5 heteroatoms. The van der Waals surface area contributed by atoms with E-state index in [1.54, 1.807) is 0 Å². The van der Waals surface area contributed by atoms with Gasteiger partial charge in [0.2, 0.25) is 0 Å². The van der Waals surface area contributed by atoms with Crippen LogP contribution in [0.3, 0.4) is 0 Å². The quantitative estimate of drug-likeness (QED) is 0.656. The van der Waals surface area contributed by atoms with Gasteiger partial charge in [-0.15, -0.1) is 0 Å². The van der Waals surface area contributed by atoms with Crippen molar-refractivity contribution in [1.29, 1.82) is 0 Å². The Morgan fingerprint density at radius 1 is 1.08 bits per heavy atom. The van der Waals surface area contributed by atoms with E-state index in [2.05, 4.69) is 30.2 Å². The Morgan fingerprint density at radius 2 is 1.75 bits per heavy atom. The second kappa shape index (κ2) is 6.84. The van der Waals surface area contributed by atoms with Crippen LogP contribution in [0.25, 0.3) is 11.3 Å². The first-order valence-electron chi connectivity index (χ1n) is 7.71. The van der Waals surface area contributed by atoms with Crippen LogP contribution in [0.5, 0.6) is 0 Å². The standard InChI is InChI=1S/C19H18N2O2S/c1-12(2)14-10-6-7-11-15(14)20-19-21-16(17(24-19)18(22)23)13-8-4-3-5-9-13/h3-12H,1-2H3,(H,20,21)(H,22,23). The van der Waals surface area contributed by atoms with Crippen LogP contribution in [0, 0.1) is 0 Å². The zero-order valence-electron chi connectivity index (χ0n) is 13.5. The third kappa shape index (κ3) is 3.31. The molecule has 3 aromatic rings. The summed E-state index contributed by atoms with van der Waals surface area (Å²) in [6, 6.07) is 17.4. The van der Waals surface area contributed by atoms with E-state index < -0.39 is 5.97 Å². The van der Waals surface area contributed by atoms with Crippen LogP contribution in [0.1, 0.15) is 35.0 Å². The molecule has 0 aliphatic heterocycles. The number of carbonyl (C=O) groups is 1. The summed E-state index contributed by atoms with van der Waals surface area (Å²) < 4.78 is 0. The molecule has 0 saturated heterocycles. The molecular weight excluding hydrogens is 320 g/mol. The maximum Gasteiger partial charge on any atom is 0.348 e. The first kappa shape index (κ1) is 16.2. The molecule has 0 bridgehead atoms. The van der Waals surface area contributed by atoms with Gasteiger partial charge >= 0.3 is 5.97 Å².